The fourth-order valence-electron chi connectivity index (χ4n) is 1.20. The summed E-state index contributed by atoms with van der Waals surface area (Å²) in [6.07, 6.45) is -0.453. The third-order valence-electron chi connectivity index (χ3n) is 2.06. The molecule has 0 saturated carbocycles. The van der Waals surface area contributed by atoms with Gasteiger partial charge in [-0.2, -0.15) is 0 Å². The average molecular weight is 187 g/mol. The predicted molar refractivity (Wildman–Crippen MR) is 44.3 cm³/mol. The normalized spacial score (nSPS) is 22.3. The molecule has 0 spiro atoms. The molecule has 0 aromatic carbocycles. The van der Waals surface area contributed by atoms with E-state index in [0.717, 1.165) is 0 Å². The van der Waals surface area contributed by atoms with Crippen LogP contribution in [0.2, 0.25) is 0 Å². The monoisotopic (exact) mass is 187 g/mol. The molecule has 1 unspecified atom stereocenters. The Kier molecular flexibility index (Phi) is 2.45. The van der Waals surface area contributed by atoms with Gasteiger partial charge in [0, 0.05) is 6.42 Å². The first-order chi connectivity index (χ1) is 5.92. The summed E-state index contributed by atoms with van der Waals surface area (Å²) in [5.41, 5.74) is -0.850. The summed E-state index contributed by atoms with van der Waals surface area (Å²) in [6.45, 7) is 3.62. The van der Waals surface area contributed by atoms with Crippen molar-refractivity contribution in [2.75, 3.05) is 6.54 Å². The maximum atomic E-state index is 10.7. The molecule has 74 valence electrons. The number of carboxylic acids is 1. The van der Waals surface area contributed by atoms with Crippen LogP contribution in [0.15, 0.2) is 0 Å². The van der Waals surface area contributed by atoms with Crippen LogP contribution in [0.25, 0.3) is 0 Å². The minimum absolute atomic E-state index is 0.321. The van der Waals surface area contributed by atoms with E-state index in [1.807, 2.05) is 0 Å². The molecular weight excluding hydrogens is 174 g/mol. The van der Waals surface area contributed by atoms with E-state index >= 15 is 0 Å². The fraction of sp³-hybridized carbons (Fsp3) is 0.750. The molecule has 0 bridgehead atoms. The molecule has 0 aliphatic carbocycles. The first kappa shape index (κ1) is 9.83. The molecular formula is C8H13NO4. The number of hydrogen-bond acceptors (Lipinski definition) is 3. The molecule has 0 aromatic rings. The van der Waals surface area contributed by atoms with Gasteiger partial charge in [-0.1, -0.05) is 0 Å². The van der Waals surface area contributed by atoms with E-state index in [-0.39, 0.29) is 6.10 Å². The van der Waals surface area contributed by atoms with Gasteiger partial charge in [-0.15, -0.1) is 0 Å². The van der Waals surface area contributed by atoms with Gasteiger partial charge in [0.1, 0.15) is 6.10 Å². The molecule has 1 fully saturated rings. The smallest absolute Gasteiger partial charge is 0.407 e. The van der Waals surface area contributed by atoms with Crippen LogP contribution < -0.4 is 5.32 Å². The minimum atomic E-state index is -0.879. The van der Waals surface area contributed by atoms with Crippen LogP contribution in [0.1, 0.15) is 20.3 Å². The van der Waals surface area contributed by atoms with Crippen molar-refractivity contribution in [1.29, 1.82) is 0 Å². The summed E-state index contributed by atoms with van der Waals surface area (Å²) >= 11 is 0. The van der Waals surface area contributed by atoms with E-state index in [0.29, 0.717) is 13.0 Å². The summed E-state index contributed by atoms with van der Waals surface area (Å²) in [7, 11) is 0. The van der Waals surface area contributed by atoms with E-state index in [9.17, 15) is 9.59 Å². The maximum Gasteiger partial charge on any atom is 0.407 e. The zero-order valence-electron chi connectivity index (χ0n) is 7.66. The zero-order chi connectivity index (χ0) is 10.1. The number of ether oxygens (including phenoxy) is 1. The number of rotatable bonds is 3. The Balaban J connectivity index is 2.49. The number of carbonyl (C=O) groups is 2. The maximum absolute atomic E-state index is 10.7. The number of amides is 1. The van der Waals surface area contributed by atoms with Crippen LogP contribution in [-0.4, -0.2) is 29.8 Å². The highest BCUT2D eigenvalue weighted by Crippen LogP contribution is 2.24. The van der Waals surface area contributed by atoms with Crippen LogP contribution in [-0.2, 0) is 9.53 Å². The van der Waals surface area contributed by atoms with Crippen molar-refractivity contribution in [1.82, 2.24) is 5.32 Å². The number of aliphatic carboxylic acids is 1. The molecule has 2 N–H and O–H groups in total. The zero-order valence-corrected chi connectivity index (χ0v) is 7.66. The van der Waals surface area contributed by atoms with Gasteiger partial charge in [-0.25, -0.2) is 4.79 Å². The molecule has 5 nitrogen and oxygen atoms in total. The van der Waals surface area contributed by atoms with Gasteiger partial charge in [-0.05, 0) is 13.8 Å². The van der Waals surface area contributed by atoms with Crippen molar-refractivity contribution >= 4 is 12.1 Å². The Hall–Kier alpha value is -1.26. The summed E-state index contributed by atoms with van der Waals surface area (Å²) < 4.78 is 4.83. The molecule has 1 atom stereocenters. The fourth-order valence-corrected chi connectivity index (χ4v) is 1.20. The van der Waals surface area contributed by atoms with Crippen LogP contribution in [0.4, 0.5) is 4.79 Å². The topological polar surface area (TPSA) is 75.6 Å². The number of carbonyl (C=O) groups excluding carboxylic acids is 1. The largest absolute Gasteiger partial charge is 0.481 e. The lowest BCUT2D eigenvalue weighted by Crippen LogP contribution is -2.30. The number of carboxylic acid groups (broad SMARTS) is 1. The highest BCUT2D eigenvalue weighted by molar-refractivity contribution is 5.74. The standard InChI is InChI=1S/C8H13NO4/c1-8(2,6(10)11)3-5-4-9-7(12)13-5/h5H,3-4H2,1-2H3,(H,9,12)(H,10,11). The van der Waals surface area contributed by atoms with Gasteiger partial charge < -0.3 is 15.2 Å². The summed E-state index contributed by atoms with van der Waals surface area (Å²) in [6, 6.07) is 0. The van der Waals surface area contributed by atoms with Gasteiger partial charge in [0.25, 0.3) is 0 Å². The van der Waals surface area contributed by atoms with Crippen molar-refractivity contribution in [3.8, 4) is 0 Å². The van der Waals surface area contributed by atoms with E-state index in [1.165, 1.54) is 0 Å². The van der Waals surface area contributed by atoms with Crippen molar-refractivity contribution in [3.05, 3.63) is 0 Å². The first-order valence-electron chi connectivity index (χ1n) is 4.10. The molecule has 13 heavy (non-hydrogen) atoms. The summed E-state index contributed by atoms with van der Waals surface area (Å²) in [5, 5.41) is 11.3. The highest BCUT2D eigenvalue weighted by atomic mass is 16.6. The Labute approximate surface area is 76.1 Å². The predicted octanol–water partition coefficient (Wildman–Crippen LogP) is 0.596. The lowest BCUT2D eigenvalue weighted by atomic mass is 9.87. The van der Waals surface area contributed by atoms with E-state index in [4.69, 9.17) is 9.84 Å². The number of cyclic esters (lactones) is 1. The van der Waals surface area contributed by atoms with Gasteiger partial charge in [0.2, 0.25) is 0 Å². The van der Waals surface area contributed by atoms with Crippen molar-refractivity contribution < 1.29 is 19.4 Å². The number of nitrogens with one attached hydrogen (secondary N) is 1. The van der Waals surface area contributed by atoms with Gasteiger partial charge in [0.05, 0.1) is 12.0 Å². The van der Waals surface area contributed by atoms with E-state index < -0.39 is 17.5 Å². The molecule has 1 rings (SSSR count). The second kappa shape index (κ2) is 3.24. The first-order valence-corrected chi connectivity index (χ1v) is 4.10. The second-order valence-corrected chi connectivity index (χ2v) is 3.80. The molecule has 1 saturated heterocycles. The van der Waals surface area contributed by atoms with Gasteiger partial charge in [0.15, 0.2) is 0 Å². The molecule has 1 amide bonds. The van der Waals surface area contributed by atoms with Gasteiger partial charge >= 0.3 is 12.1 Å². The van der Waals surface area contributed by atoms with Crippen LogP contribution in [0.3, 0.4) is 0 Å². The third kappa shape index (κ3) is 2.34. The molecule has 0 aromatic heterocycles. The number of alkyl carbamates (subject to hydrolysis) is 1. The molecule has 5 heteroatoms. The number of hydrogen-bond donors (Lipinski definition) is 2. The Bertz CT molecular complexity index is 236. The average Bonchev–Trinajstić information content (AvgIpc) is 2.34. The van der Waals surface area contributed by atoms with Crippen molar-refractivity contribution in [2.24, 2.45) is 5.41 Å². The lowest BCUT2D eigenvalue weighted by molar-refractivity contribution is -0.148. The summed E-state index contributed by atoms with van der Waals surface area (Å²) in [4.78, 5) is 21.4. The molecule has 0 radical (unpaired) electrons. The SMILES string of the molecule is CC(C)(CC1CNC(=O)O1)C(=O)O. The van der Waals surface area contributed by atoms with E-state index in [2.05, 4.69) is 5.32 Å². The van der Waals surface area contributed by atoms with Crippen molar-refractivity contribution in [2.45, 2.75) is 26.4 Å². The Morgan fingerprint density at radius 2 is 2.38 bits per heavy atom. The Morgan fingerprint density at radius 1 is 1.77 bits per heavy atom. The van der Waals surface area contributed by atoms with Gasteiger partial charge in [-0.3, -0.25) is 4.79 Å². The molecule has 1 heterocycles. The lowest BCUT2D eigenvalue weighted by Gasteiger charge is -2.21. The van der Waals surface area contributed by atoms with Crippen LogP contribution in [0.5, 0.6) is 0 Å². The quantitative estimate of drug-likeness (QED) is 0.678. The van der Waals surface area contributed by atoms with Crippen molar-refractivity contribution in [3.63, 3.8) is 0 Å². The third-order valence-corrected chi connectivity index (χ3v) is 2.06. The van der Waals surface area contributed by atoms with Crippen LogP contribution >= 0.6 is 0 Å². The Morgan fingerprint density at radius 3 is 2.77 bits per heavy atom. The van der Waals surface area contributed by atoms with E-state index in [1.54, 1.807) is 13.8 Å². The molecule has 1 aliphatic heterocycles. The molecule has 1 aliphatic rings. The second-order valence-electron chi connectivity index (χ2n) is 3.80. The minimum Gasteiger partial charge on any atom is -0.481 e. The van der Waals surface area contributed by atoms with Crippen LogP contribution in [0, 0.1) is 5.41 Å². The summed E-state index contributed by atoms with van der Waals surface area (Å²) in [5.74, 6) is -0.879. The highest BCUT2D eigenvalue weighted by Gasteiger charge is 2.34.